The summed E-state index contributed by atoms with van der Waals surface area (Å²) in [5, 5.41) is 18.8. The van der Waals surface area contributed by atoms with Crippen LogP contribution in [0, 0.1) is 10.1 Å². The Balaban J connectivity index is 2.99. The topological polar surface area (TPSA) is 63.4 Å². The van der Waals surface area contributed by atoms with Crippen LogP contribution in [0.2, 0.25) is 0 Å². The van der Waals surface area contributed by atoms with Gasteiger partial charge in [-0.15, -0.1) is 0 Å². The first-order valence-corrected chi connectivity index (χ1v) is 3.05. The molecule has 0 aliphatic heterocycles. The number of alkyl halides is 2. The molecule has 12 heavy (non-hydrogen) atoms. The van der Waals surface area contributed by atoms with Crippen molar-refractivity contribution in [3.05, 3.63) is 34.0 Å². The normalized spacial score (nSPS) is 26.6. The minimum atomic E-state index is -3.54. The molecule has 0 saturated heterocycles. The Hall–Kier alpha value is -1.30. The van der Waals surface area contributed by atoms with Gasteiger partial charge in [-0.3, -0.25) is 10.1 Å². The summed E-state index contributed by atoms with van der Waals surface area (Å²) >= 11 is 0. The predicted octanol–water partition coefficient (Wildman–Crippen LogP) is 0.713. The molecule has 0 fully saturated rings. The van der Waals surface area contributed by atoms with Gasteiger partial charge in [0.15, 0.2) is 0 Å². The summed E-state index contributed by atoms with van der Waals surface area (Å²) < 4.78 is 25.1. The molecule has 1 unspecified atom stereocenters. The third kappa shape index (κ3) is 1.33. The SMILES string of the molecule is O=[N+]([O-])C1=CC=CC(F)(F)C1O. The van der Waals surface area contributed by atoms with Gasteiger partial charge in [0.25, 0.3) is 5.70 Å². The highest BCUT2D eigenvalue weighted by atomic mass is 19.3. The highest BCUT2D eigenvalue weighted by Gasteiger charge is 2.45. The molecule has 0 saturated carbocycles. The fraction of sp³-hybridized carbons (Fsp3) is 0.333. The number of nitro groups is 1. The average molecular weight is 177 g/mol. The van der Waals surface area contributed by atoms with Crippen molar-refractivity contribution in [1.29, 1.82) is 0 Å². The summed E-state index contributed by atoms with van der Waals surface area (Å²) in [5.74, 6) is -3.54. The second-order valence-corrected chi connectivity index (χ2v) is 2.28. The number of allylic oxidation sites excluding steroid dienone is 2. The summed E-state index contributed by atoms with van der Waals surface area (Å²) in [5.41, 5.74) is -0.887. The second kappa shape index (κ2) is 2.63. The van der Waals surface area contributed by atoms with Crippen molar-refractivity contribution in [1.82, 2.24) is 0 Å². The predicted molar refractivity (Wildman–Crippen MR) is 35.2 cm³/mol. The molecule has 1 N–H and O–H groups in total. The van der Waals surface area contributed by atoms with Crippen molar-refractivity contribution in [2.45, 2.75) is 12.0 Å². The van der Waals surface area contributed by atoms with Gasteiger partial charge in [0, 0.05) is 6.08 Å². The Morgan fingerprint density at radius 3 is 2.67 bits per heavy atom. The number of rotatable bonds is 1. The lowest BCUT2D eigenvalue weighted by Crippen LogP contribution is -2.37. The maximum Gasteiger partial charge on any atom is 0.302 e. The van der Waals surface area contributed by atoms with Crippen LogP contribution >= 0.6 is 0 Å². The summed E-state index contributed by atoms with van der Waals surface area (Å²) in [6.45, 7) is 0. The molecule has 0 aromatic heterocycles. The van der Waals surface area contributed by atoms with E-state index in [-0.39, 0.29) is 0 Å². The smallest absolute Gasteiger partial charge is 0.302 e. The van der Waals surface area contributed by atoms with Crippen LogP contribution in [0.15, 0.2) is 23.9 Å². The van der Waals surface area contributed by atoms with E-state index in [1.807, 2.05) is 0 Å². The Morgan fingerprint density at radius 1 is 1.67 bits per heavy atom. The first kappa shape index (κ1) is 8.79. The maximum atomic E-state index is 12.5. The van der Waals surface area contributed by atoms with E-state index < -0.39 is 22.6 Å². The van der Waals surface area contributed by atoms with Crippen molar-refractivity contribution in [2.24, 2.45) is 0 Å². The highest BCUT2D eigenvalue weighted by Crippen LogP contribution is 2.28. The van der Waals surface area contributed by atoms with Crippen LogP contribution in [0.25, 0.3) is 0 Å². The molecule has 6 heteroatoms. The van der Waals surface area contributed by atoms with Crippen molar-refractivity contribution in [2.75, 3.05) is 0 Å². The lowest BCUT2D eigenvalue weighted by Gasteiger charge is -2.18. The lowest BCUT2D eigenvalue weighted by molar-refractivity contribution is -0.441. The van der Waals surface area contributed by atoms with Crippen LogP contribution in [-0.2, 0) is 0 Å². The zero-order chi connectivity index (χ0) is 9.35. The van der Waals surface area contributed by atoms with Gasteiger partial charge in [0.05, 0.1) is 4.92 Å². The minimum absolute atomic E-state index is 0.421. The molecule has 1 atom stereocenters. The summed E-state index contributed by atoms with van der Waals surface area (Å²) in [4.78, 5) is 9.04. The fourth-order valence-corrected chi connectivity index (χ4v) is 0.815. The molecule has 0 aromatic rings. The van der Waals surface area contributed by atoms with E-state index in [0.717, 1.165) is 12.2 Å². The van der Waals surface area contributed by atoms with Gasteiger partial charge < -0.3 is 5.11 Å². The zero-order valence-electron chi connectivity index (χ0n) is 5.78. The Labute approximate surface area is 66.0 Å². The number of aliphatic hydroxyl groups excluding tert-OH is 1. The van der Waals surface area contributed by atoms with E-state index in [1.54, 1.807) is 0 Å². The molecule has 0 amide bonds. The number of nitrogens with zero attached hydrogens (tertiary/aromatic N) is 1. The fourth-order valence-electron chi connectivity index (χ4n) is 0.815. The molecule has 0 radical (unpaired) electrons. The van der Waals surface area contributed by atoms with Gasteiger partial charge in [0.1, 0.15) is 0 Å². The first-order chi connectivity index (χ1) is 5.45. The molecule has 66 valence electrons. The number of hydrogen-bond donors (Lipinski definition) is 1. The van der Waals surface area contributed by atoms with Crippen LogP contribution in [0.1, 0.15) is 0 Å². The summed E-state index contributed by atoms with van der Waals surface area (Å²) in [7, 11) is 0. The van der Waals surface area contributed by atoms with E-state index in [4.69, 9.17) is 5.11 Å². The lowest BCUT2D eigenvalue weighted by atomic mass is 10.0. The molecule has 4 nitrogen and oxygen atoms in total. The highest BCUT2D eigenvalue weighted by molar-refractivity contribution is 5.23. The molecule has 1 aliphatic carbocycles. The summed E-state index contributed by atoms with van der Waals surface area (Å²) in [6, 6.07) is 0. The largest absolute Gasteiger partial charge is 0.377 e. The Bertz CT molecular complexity index is 272. The van der Waals surface area contributed by atoms with E-state index in [9.17, 15) is 18.9 Å². The Kier molecular flexibility index (Phi) is 1.93. The van der Waals surface area contributed by atoms with Crippen LogP contribution < -0.4 is 0 Å². The van der Waals surface area contributed by atoms with E-state index >= 15 is 0 Å². The number of hydrogen-bond acceptors (Lipinski definition) is 3. The van der Waals surface area contributed by atoms with Gasteiger partial charge in [0.2, 0.25) is 6.10 Å². The number of aliphatic hydroxyl groups is 1. The minimum Gasteiger partial charge on any atom is -0.377 e. The standard InChI is InChI=1S/C6H5F2NO3/c7-6(8)3-1-2-4(5(6)10)9(11)12/h1-3,5,10H. The second-order valence-electron chi connectivity index (χ2n) is 2.28. The number of halogens is 2. The van der Waals surface area contributed by atoms with Gasteiger partial charge in [-0.05, 0) is 6.08 Å². The van der Waals surface area contributed by atoms with Crippen LogP contribution in [-0.4, -0.2) is 22.1 Å². The zero-order valence-corrected chi connectivity index (χ0v) is 5.78. The molecule has 1 aliphatic rings. The molecule has 0 bridgehead atoms. The van der Waals surface area contributed by atoms with Crippen LogP contribution in [0.5, 0.6) is 0 Å². The van der Waals surface area contributed by atoms with Gasteiger partial charge in [-0.2, -0.15) is 8.78 Å². The third-order valence-electron chi connectivity index (χ3n) is 1.44. The summed E-state index contributed by atoms with van der Waals surface area (Å²) in [6.07, 6.45) is -0.227. The van der Waals surface area contributed by atoms with Crippen LogP contribution in [0.3, 0.4) is 0 Å². The van der Waals surface area contributed by atoms with Crippen LogP contribution in [0.4, 0.5) is 8.78 Å². The van der Waals surface area contributed by atoms with Crippen molar-refractivity contribution in [3.63, 3.8) is 0 Å². The molecular weight excluding hydrogens is 172 g/mol. The molecule has 0 spiro atoms. The first-order valence-electron chi connectivity index (χ1n) is 3.05. The van der Waals surface area contributed by atoms with E-state index in [1.165, 1.54) is 0 Å². The van der Waals surface area contributed by atoms with Gasteiger partial charge in [-0.25, -0.2) is 0 Å². The van der Waals surface area contributed by atoms with Crippen molar-refractivity contribution >= 4 is 0 Å². The Morgan fingerprint density at radius 2 is 2.25 bits per heavy atom. The van der Waals surface area contributed by atoms with Crippen molar-refractivity contribution in [3.8, 4) is 0 Å². The monoisotopic (exact) mass is 177 g/mol. The quantitative estimate of drug-likeness (QED) is 0.474. The van der Waals surface area contributed by atoms with Gasteiger partial charge in [-0.1, -0.05) is 6.08 Å². The van der Waals surface area contributed by atoms with E-state index in [2.05, 4.69) is 0 Å². The third-order valence-corrected chi connectivity index (χ3v) is 1.44. The molecular formula is C6H5F2NO3. The van der Waals surface area contributed by atoms with Gasteiger partial charge >= 0.3 is 5.92 Å². The average Bonchev–Trinajstić information content (AvgIpc) is 1.94. The van der Waals surface area contributed by atoms with E-state index in [0.29, 0.717) is 6.08 Å². The molecule has 0 aromatic carbocycles. The maximum absolute atomic E-state index is 12.5. The molecule has 1 rings (SSSR count). The molecule has 0 heterocycles. The van der Waals surface area contributed by atoms with Crippen molar-refractivity contribution < 1.29 is 18.8 Å².